The third-order valence-electron chi connectivity index (χ3n) is 5.78. The Morgan fingerprint density at radius 2 is 1.63 bits per heavy atom. The van der Waals surface area contributed by atoms with Crippen molar-refractivity contribution in [2.24, 2.45) is 0 Å². The predicted molar refractivity (Wildman–Crippen MR) is 105 cm³/mol. The largest absolute Gasteiger partial charge is 0.497 e. The predicted octanol–water partition coefficient (Wildman–Crippen LogP) is 3.17. The van der Waals surface area contributed by atoms with Crippen molar-refractivity contribution in [1.29, 1.82) is 0 Å². The molecule has 6 heteroatoms. The molecule has 1 unspecified atom stereocenters. The van der Waals surface area contributed by atoms with Gasteiger partial charge in [-0.3, -0.25) is 4.90 Å². The average molecular weight is 387 g/mol. The van der Waals surface area contributed by atoms with E-state index in [4.69, 9.17) is 4.74 Å². The van der Waals surface area contributed by atoms with Gasteiger partial charge in [0.15, 0.2) is 0 Å². The quantitative estimate of drug-likeness (QED) is 0.828. The molecule has 2 saturated heterocycles. The maximum Gasteiger partial charge on any atom is 0.240 e. The van der Waals surface area contributed by atoms with Gasteiger partial charge in [-0.25, -0.2) is 13.1 Å². The fourth-order valence-electron chi connectivity index (χ4n) is 4.47. The molecule has 2 fully saturated rings. The summed E-state index contributed by atoms with van der Waals surface area (Å²) in [5.41, 5.74) is 1.33. The van der Waals surface area contributed by atoms with Gasteiger partial charge in [-0.2, -0.15) is 0 Å². The van der Waals surface area contributed by atoms with E-state index in [2.05, 4.69) is 33.9 Å². The molecule has 0 radical (unpaired) electrons. The van der Waals surface area contributed by atoms with Gasteiger partial charge < -0.3 is 4.74 Å². The lowest BCUT2D eigenvalue weighted by Gasteiger charge is -2.39. The molecule has 2 aliphatic rings. The van der Waals surface area contributed by atoms with E-state index in [1.165, 1.54) is 5.56 Å². The van der Waals surface area contributed by atoms with Gasteiger partial charge in [0.25, 0.3) is 0 Å². The summed E-state index contributed by atoms with van der Waals surface area (Å²) in [6.45, 7) is 0.953. The first kappa shape index (κ1) is 18.5. The molecule has 0 saturated carbocycles. The number of fused-ring (bicyclic) bond motifs is 2. The Balaban J connectivity index is 1.42. The number of nitrogens with zero attached hydrogens (tertiary/aromatic N) is 1. The minimum absolute atomic E-state index is 0.00150. The van der Waals surface area contributed by atoms with Crippen molar-refractivity contribution in [2.75, 3.05) is 7.11 Å². The third-order valence-corrected chi connectivity index (χ3v) is 7.32. The first-order valence-corrected chi connectivity index (χ1v) is 11.0. The van der Waals surface area contributed by atoms with Crippen molar-refractivity contribution in [3.63, 3.8) is 0 Å². The highest BCUT2D eigenvalue weighted by Crippen LogP contribution is 2.37. The fraction of sp³-hybridized carbons (Fsp3) is 0.429. The topological polar surface area (TPSA) is 58.6 Å². The molecule has 2 heterocycles. The Morgan fingerprint density at radius 1 is 1.00 bits per heavy atom. The van der Waals surface area contributed by atoms with Crippen LogP contribution in [0.1, 0.15) is 31.2 Å². The number of nitrogens with one attached hydrogen (secondary N) is 1. The highest BCUT2D eigenvalue weighted by Gasteiger charge is 2.41. The number of ether oxygens (including phenoxy) is 1. The Bertz CT molecular complexity index is 854. The fourth-order valence-corrected chi connectivity index (χ4v) is 5.73. The minimum atomic E-state index is -3.50. The average Bonchev–Trinajstić information content (AvgIpc) is 2.91. The summed E-state index contributed by atoms with van der Waals surface area (Å²) in [6, 6.07) is 18.0. The molecule has 2 aliphatic heterocycles. The molecule has 0 aliphatic carbocycles. The van der Waals surface area contributed by atoms with E-state index in [-0.39, 0.29) is 6.04 Å². The number of methoxy groups -OCH3 is 1. The Hall–Kier alpha value is -1.89. The second-order valence-corrected chi connectivity index (χ2v) is 9.22. The molecule has 0 spiro atoms. The highest BCUT2D eigenvalue weighted by molar-refractivity contribution is 7.89. The highest BCUT2D eigenvalue weighted by atomic mass is 32.2. The number of hydrogen-bond donors (Lipinski definition) is 1. The van der Waals surface area contributed by atoms with Gasteiger partial charge in [-0.1, -0.05) is 30.3 Å². The SMILES string of the molecule is COc1ccc(S(=O)(=O)NC2C[C@H]3CC[C@@H](C2)N3Cc2ccccc2)cc1. The van der Waals surface area contributed by atoms with Crippen LogP contribution in [-0.2, 0) is 16.6 Å². The van der Waals surface area contributed by atoms with Crippen LogP contribution in [0.15, 0.2) is 59.5 Å². The summed E-state index contributed by atoms with van der Waals surface area (Å²) in [5.74, 6) is 0.654. The van der Waals surface area contributed by atoms with Crippen molar-refractivity contribution in [3.05, 3.63) is 60.2 Å². The monoisotopic (exact) mass is 386 g/mol. The molecule has 0 amide bonds. The molecule has 1 N–H and O–H groups in total. The van der Waals surface area contributed by atoms with Gasteiger partial charge in [0.2, 0.25) is 10.0 Å². The number of sulfonamides is 1. The van der Waals surface area contributed by atoms with Gasteiger partial charge >= 0.3 is 0 Å². The van der Waals surface area contributed by atoms with E-state index in [9.17, 15) is 8.42 Å². The third kappa shape index (κ3) is 4.03. The molecule has 2 aromatic carbocycles. The second kappa shape index (κ2) is 7.62. The van der Waals surface area contributed by atoms with Crippen LogP contribution in [0.25, 0.3) is 0 Å². The molecular formula is C21H26N2O3S. The van der Waals surface area contributed by atoms with Gasteiger partial charge in [0.05, 0.1) is 12.0 Å². The lowest BCUT2D eigenvalue weighted by molar-refractivity contribution is 0.115. The maximum atomic E-state index is 12.7. The lowest BCUT2D eigenvalue weighted by Crippen LogP contribution is -2.49. The molecule has 5 nitrogen and oxygen atoms in total. The summed E-state index contributed by atoms with van der Waals surface area (Å²) in [6.07, 6.45) is 4.05. The van der Waals surface area contributed by atoms with Crippen LogP contribution in [0.5, 0.6) is 5.75 Å². The van der Waals surface area contributed by atoms with Crippen molar-refractivity contribution in [3.8, 4) is 5.75 Å². The number of benzene rings is 2. The summed E-state index contributed by atoms with van der Waals surface area (Å²) in [4.78, 5) is 2.86. The van der Waals surface area contributed by atoms with E-state index in [0.29, 0.717) is 22.7 Å². The zero-order valence-electron chi connectivity index (χ0n) is 15.5. The van der Waals surface area contributed by atoms with Crippen LogP contribution in [0, 0.1) is 0 Å². The van der Waals surface area contributed by atoms with Crippen LogP contribution >= 0.6 is 0 Å². The van der Waals surface area contributed by atoms with E-state index in [0.717, 1.165) is 32.2 Å². The summed E-state index contributed by atoms with van der Waals surface area (Å²) in [7, 11) is -1.93. The van der Waals surface area contributed by atoms with Crippen LogP contribution in [0.2, 0.25) is 0 Å². The smallest absolute Gasteiger partial charge is 0.240 e. The van der Waals surface area contributed by atoms with Crippen molar-refractivity contribution in [2.45, 2.75) is 55.2 Å². The van der Waals surface area contributed by atoms with Gasteiger partial charge in [0, 0.05) is 24.7 Å². The Morgan fingerprint density at radius 3 is 2.22 bits per heavy atom. The van der Waals surface area contributed by atoms with Gasteiger partial charge in [-0.15, -0.1) is 0 Å². The van der Waals surface area contributed by atoms with Crippen molar-refractivity contribution >= 4 is 10.0 Å². The van der Waals surface area contributed by atoms with E-state index in [1.54, 1.807) is 31.4 Å². The summed E-state index contributed by atoms with van der Waals surface area (Å²) in [5, 5.41) is 0. The molecule has 2 bridgehead atoms. The summed E-state index contributed by atoms with van der Waals surface area (Å²) < 4.78 is 33.5. The second-order valence-electron chi connectivity index (χ2n) is 7.51. The lowest BCUT2D eigenvalue weighted by atomic mass is 9.97. The molecule has 3 atom stereocenters. The zero-order valence-corrected chi connectivity index (χ0v) is 16.4. The van der Waals surface area contributed by atoms with Crippen LogP contribution in [0.3, 0.4) is 0 Å². The maximum absolute atomic E-state index is 12.7. The molecule has 27 heavy (non-hydrogen) atoms. The first-order chi connectivity index (χ1) is 13.0. The van der Waals surface area contributed by atoms with Gasteiger partial charge in [-0.05, 0) is 55.5 Å². The minimum Gasteiger partial charge on any atom is -0.497 e. The van der Waals surface area contributed by atoms with Gasteiger partial charge in [0.1, 0.15) is 5.75 Å². The standard InChI is InChI=1S/C21H26N2O3S/c1-26-20-9-11-21(12-10-20)27(24,25)22-17-13-18-7-8-19(14-17)23(18)15-16-5-3-2-4-6-16/h2-6,9-12,17-19,22H,7-8,13-15H2,1H3/t17?,18-,19+. The van der Waals surface area contributed by atoms with Crippen molar-refractivity contribution < 1.29 is 13.2 Å². The zero-order chi connectivity index (χ0) is 18.9. The normalized spacial score (nSPS) is 25.4. The molecule has 144 valence electrons. The number of piperidine rings is 1. The first-order valence-electron chi connectivity index (χ1n) is 9.51. The van der Waals surface area contributed by atoms with Crippen LogP contribution < -0.4 is 9.46 Å². The molecular weight excluding hydrogens is 360 g/mol. The Kier molecular flexibility index (Phi) is 5.21. The molecule has 2 aromatic rings. The van der Waals surface area contributed by atoms with Crippen LogP contribution in [0.4, 0.5) is 0 Å². The van der Waals surface area contributed by atoms with E-state index >= 15 is 0 Å². The van der Waals surface area contributed by atoms with Crippen molar-refractivity contribution in [1.82, 2.24) is 9.62 Å². The Labute approximate surface area is 161 Å². The number of rotatable bonds is 6. The number of hydrogen-bond acceptors (Lipinski definition) is 4. The summed E-state index contributed by atoms with van der Waals surface area (Å²) >= 11 is 0. The van der Waals surface area contributed by atoms with E-state index in [1.807, 2.05) is 6.07 Å². The molecule has 0 aromatic heterocycles. The van der Waals surface area contributed by atoms with Crippen LogP contribution in [-0.4, -0.2) is 38.6 Å². The van der Waals surface area contributed by atoms with E-state index < -0.39 is 10.0 Å². The molecule has 4 rings (SSSR count).